The molecule has 2 N–H and O–H groups in total. The van der Waals surface area contributed by atoms with Gasteiger partial charge in [0.25, 0.3) is 0 Å². The standard InChI is InChI=1S/C12H14BrN3OS/c1-9-15-4-5-16(9)6-7-18(17)12-3-2-10(13)8-11(12)14/h2-5,8H,6-7,14H2,1H3. The molecule has 0 saturated heterocycles. The van der Waals surface area contributed by atoms with Gasteiger partial charge >= 0.3 is 0 Å². The Kier molecular flexibility index (Phi) is 4.19. The van der Waals surface area contributed by atoms with Crippen molar-refractivity contribution in [3.05, 3.63) is 40.9 Å². The van der Waals surface area contributed by atoms with E-state index in [1.807, 2.05) is 23.8 Å². The van der Waals surface area contributed by atoms with Gasteiger partial charge in [0, 0.05) is 34.9 Å². The van der Waals surface area contributed by atoms with Crippen molar-refractivity contribution in [2.45, 2.75) is 18.4 Å². The van der Waals surface area contributed by atoms with Gasteiger partial charge in [-0.2, -0.15) is 0 Å². The molecule has 0 saturated carbocycles. The monoisotopic (exact) mass is 327 g/mol. The van der Waals surface area contributed by atoms with E-state index >= 15 is 0 Å². The summed E-state index contributed by atoms with van der Waals surface area (Å²) in [5.41, 5.74) is 6.42. The third kappa shape index (κ3) is 3.00. The van der Waals surface area contributed by atoms with Gasteiger partial charge in [0.1, 0.15) is 5.82 Å². The minimum Gasteiger partial charge on any atom is -0.398 e. The highest BCUT2D eigenvalue weighted by molar-refractivity contribution is 9.10. The predicted octanol–water partition coefficient (Wildman–Crippen LogP) is 2.34. The smallest absolute Gasteiger partial charge is 0.105 e. The first-order valence-electron chi connectivity index (χ1n) is 5.49. The third-order valence-electron chi connectivity index (χ3n) is 2.66. The van der Waals surface area contributed by atoms with Crippen LogP contribution in [-0.4, -0.2) is 19.5 Å². The number of nitrogens with two attached hydrogens (primary N) is 1. The molecule has 0 fully saturated rings. The number of aryl methyl sites for hydroxylation is 2. The lowest BCUT2D eigenvalue weighted by Crippen LogP contribution is -2.09. The van der Waals surface area contributed by atoms with Crippen molar-refractivity contribution in [2.75, 3.05) is 11.5 Å². The molecule has 96 valence electrons. The molecule has 1 atom stereocenters. The molecule has 0 aliphatic heterocycles. The highest BCUT2D eigenvalue weighted by atomic mass is 79.9. The molecule has 2 aromatic rings. The zero-order valence-electron chi connectivity index (χ0n) is 9.97. The molecule has 4 nitrogen and oxygen atoms in total. The number of hydrogen-bond acceptors (Lipinski definition) is 3. The van der Waals surface area contributed by atoms with Crippen LogP contribution in [0.25, 0.3) is 0 Å². The van der Waals surface area contributed by atoms with Crippen LogP contribution in [0.15, 0.2) is 40.0 Å². The lowest BCUT2D eigenvalue weighted by molar-refractivity contribution is 0.670. The van der Waals surface area contributed by atoms with E-state index in [1.165, 1.54) is 0 Å². The molecule has 0 aliphatic carbocycles. The Morgan fingerprint density at radius 3 is 2.89 bits per heavy atom. The van der Waals surface area contributed by atoms with Gasteiger partial charge < -0.3 is 10.3 Å². The second-order valence-corrected chi connectivity index (χ2v) is 6.35. The van der Waals surface area contributed by atoms with Crippen LogP contribution in [0.5, 0.6) is 0 Å². The molecule has 1 heterocycles. The van der Waals surface area contributed by atoms with E-state index in [0.29, 0.717) is 22.9 Å². The topological polar surface area (TPSA) is 60.9 Å². The molecule has 2 rings (SSSR count). The van der Waals surface area contributed by atoms with Crippen molar-refractivity contribution in [1.29, 1.82) is 0 Å². The fourth-order valence-electron chi connectivity index (χ4n) is 1.66. The number of halogens is 1. The van der Waals surface area contributed by atoms with Crippen molar-refractivity contribution >= 4 is 32.4 Å². The molecule has 0 bridgehead atoms. The summed E-state index contributed by atoms with van der Waals surface area (Å²) in [6.45, 7) is 2.60. The number of anilines is 1. The second kappa shape index (κ2) is 5.67. The fourth-order valence-corrected chi connectivity index (χ4v) is 3.16. The van der Waals surface area contributed by atoms with Gasteiger partial charge in [-0.1, -0.05) is 15.9 Å². The Labute approximate surface area is 117 Å². The van der Waals surface area contributed by atoms with Gasteiger partial charge in [0.05, 0.1) is 15.7 Å². The van der Waals surface area contributed by atoms with Crippen molar-refractivity contribution < 1.29 is 4.21 Å². The van der Waals surface area contributed by atoms with E-state index in [0.717, 1.165) is 10.3 Å². The molecular weight excluding hydrogens is 314 g/mol. The van der Waals surface area contributed by atoms with Crippen LogP contribution in [0.2, 0.25) is 0 Å². The Balaban J connectivity index is 2.06. The van der Waals surface area contributed by atoms with Crippen LogP contribution in [0.4, 0.5) is 5.69 Å². The molecule has 0 radical (unpaired) electrons. The van der Waals surface area contributed by atoms with Crippen molar-refractivity contribution in [3.63, 3.8) is 0 Å². The van der Waals surface area contributed by atoms with E-state index in [9.17, 15) is 4.21 Å². The van der Waals surface area contributed by atoms with Crippen LogP contribution in [0.3, 0.4) is 0 Å². The maximum atomic E-state index is 12.2. The summed E-state index contributed by atoms with van der Waals surface area (Å²) in [6.07, 6.45) is 3.63. The summed E-state index contributed by atoms with van der Waals surface area (Å²) in [7, 11) is -1.09. The van der Waals surface area contributed by atoms with Gasteiger partial charge in [0.2, 0.25) is 0 Å². The summed E-state index contributed by atoms with van der Waals surface area (Å²) in [5.74, 6) is 1.46. The van der Waals surface area contributed by atoms with Crippen molar-refractivity contribution in [3.8, 4) is 0 Å². The Hall–Kier alpha value is -1.14. The fraction of sp³-hybridized carbons (Fsp3) is 0.250. The zero-order valence-corrected chi connectivity index (χ0v) is 12.4. The van der Waals surface area contributed by atoms with Crippen LogP contribution in [0, 0.1) is 6.92 Å². The van der Waals surface area contributed by atoms with E-state index in [1.54, 1.807) is 18.3 Å². The average Bonchev–Trinajstić information content (AvgIpc) is 2.72. The molecule has 0 amide bonds. The summed E-state index contributed by atoms with van der Waals surface area (Å²) in [4.78, 5) is 4.82. The molecule has 0 spiro atoms. The lowest BCUT2D eigenvalue weighted by Gasteiger charge is -2.07. The Morgan fingerprint density at radius 2 is 2.28 bits per heavy atom. The van der Waals surface area contributed by atoms with Crippen LogP contribution in [-0.2, 0) is 17.3 Å². The number of nitrogen functional groups attached to an aromatic ring is 1. The van der Waals surface area contributed by atoms with E-state index in [4.69, 9.17) is 5.73 Å². The highest BCUT2D eigenvalue weighted by Gasteiger charge is 2.09. The number of imidazole rings is 1. The quantitative estimate of drug-likeness (QED) is 0.877. The first kappa shape index (κ1) is 13.3. The van der Waals surface area contributed by atoms with Crippen molar-refractivity contribution in [2.24, 2.45) is 0 Å². The Morgan fingerprint density at radius 1 is 1.50 bits per heavy atom. The summed E-state index contributed by atoms with van der Waals surface area (Å²) < 4.78 is 15.0. The summed E-state index contributed by atoms with van der Waals surface area (Å²) >= 11 is 3.33. The number of rotatable bonds is 4. The van der Waals surface area contributed by atoms with Gasteiger partial charge in [-0.05, 0) is 25.1 Å². The van der Waals surface area contributed by atoms with Crippen LogP contribution < -0.4 is 5.73 Å². The van der Waals surface area contributed by atoms with Crippen LogP contribution >= 0.6 is 15.9 Å². The summed E-state index contributed by atoms with van der Waals surface area (Å²) in [6, 6.07) is 5.43. The number of hydrogen-bond donors (Lipinski definition) is 1. The first-order chi connectivity index (χ1) is 8.58. The molecule has 1 aromatic carbocycles. The molecule has 1 aromatic heterocycles. The zero-order chi connectivity index (χ0) is 13.1. The minimum atomic E-state index is -1.09. The highest BCUT2D eigenvalue weighted by Crippen LogP contribution is 2.21. The predicted molar refractivity (Wildman–Crippen MR) is 76.8 cm³/mol. The SMILES string of the molecule is Cc1nccn1CCS(=O)c1ccc(Br)cc1N. The minimum absolute atomic E-state index is 0.531. The molecule has 0 aliphatic rings. The van der Waals surface area contributed by atoms with Gasteiger partial charge in [0.15, 0.2) is 0 Å². The van der Waals surface area contributed by atoms with Gasteiger partial charge in [-0.3, -0.25) is 4.21 Å². The number of benzene rings is 1. The van der Waals surface area contributed by atoms with Gasteiger partial charge in [-0.15, -0.1) is 0 Å². The molecular formula is C12H14BrN3OS. The van der Waals surface area contributed by atoms with Gasteiger partial charge in [-0.25, -0.2) is 4.98 Å². The molecule has 1 unspecified atom stereocenters. The first-order valence-corrected chi connectivity index (χ1v) is 7.60. The van der Waals surface area contributed by atoms with E-state index < -0.39 is 10.8 Å². The number of aromatic nitrogens is 2. The summed E-state index contributed by atoms with van der Waals surface area (Å²) in [5, 5.41) is 0. The number of nitrogens with zero attached hydrogens (tertiary/aromatic N) is 2. The average molecular weight is 328 g/mol. The maximum Gasteiger partial charge on any atom is 0.105 e. The Bertz CT molecular complexity index is 582. The molecule has 18 heavy (non-hydrogen) atoms. The lowest BCUT2D eigenvalue weighted by atomic mass is 10.3. The maximum absolute atomic E-state index is 12.2. The second-order valence-electron chi connectivity index (χ2n) is 3.90. The van der Waals surface area contributed by atoms with Crippen LogP contribution in [0.1, 0.15) is 5.82 Å². The molecule has 6 heteroatoms. The third-order valence-corrected chi connectivity index (χ3v) is 4.57. The normalized spacial score (nSPS) is 12.6. The largest absolute Gasteiger partial charge is 0.398 e. The van der Waals surface area contributed by atoms with E-state index in [2.05, 4.69) is 20.9 Å². The van der Waals surface area contributed by atoms with E-state index in [-0.39, 0.29) is 0 Å². The van der Waals surface area contributed by atoms with Crippen molar-refractivity contribution in [1.82, 2.24) is 9.55 Å².